The number of hydrogen-bond acceptors (Lipinski definition) is 4. The normalized spacial score (nSPS) is 12.8. The molecule has 0 aliphatic rings. The molecule has 177 valence electrons. The molecule has 5 nitrogen and oxygen atoms in total. The predicted octanol–water partition coefficient (Wildman–Crippen LogP) is 8.12. The van der Waals surface area contributed by atoms with E-state index in [1.54, 1.807) is 42.5 Å². The molecule has 0 heterocycles. The SMILES string of the molecule is CCCCCCCCCCCCCCOc1ccc(OP(=O)(O)Oc2c[c]ccc2)cc1. The van der Waals surface area contributed by atoms with E-state index in [9.17, 15) is 9.46 Å². The molecule has 0 aromatic heterocycles. The zero-order chi connectivity index (χ0) is 22.9. The standard InChI is InChI=1S/C26H38O5P/c1-2-3-4-5-6-7-8-9-10-11-12-16-23-29-24-19-21-26(22-20-24)31-32(27,28)30-25-17-14-13-15-18-25/h13-14,17-22H,2-12,16,23H2,1H3,(H,27,28). The average molecular weight is 462 g/mol. The molecule has 0 aliphatic heterocycles. The second kappa shape index (κ2) is 15.8. The Morgan fingerprint density at radius 1 is 0.750 bits per heavy atom. The smallest absolute Gasteiger partial charge is 0.494 e. The van der Waals surface area contributed by atoms with Gasteiger partial charge in [0.25, 0.3) is 0 Å². The number of benzene rings is 2. The van der Waals surface area contributed by atoms with Gasteiger partial charge in [-0.2, -0.15) is 0 Å². The summed E-state index contributed by atoms with van der Waals surface area (Å²) in [5, 5.41) is 0. The highest BCUT2D eigenvalue weighted by Gasteiger charge is 2.24. The lowest BCUT2D eigenvalue weighted by molar-refractivity contribution is 0.289. The number of ether oxygens (including phenoxy) is 1. The summed E-state index contributed by atoms with van der Waals surface area (Å²) in [7, 11) is -4.26. The fourth-order valence-electron chi connectivity index (χ4n) is 3.45. The lowest BCUT2D eigenvalue weighted by atomic mass is 10.1. The molecular weight excluding hydrogens is 423 g/mol. The number of phosphoric acid groups is 1. The fraction of sp³-hybridized carbons (Fsp3) is 0.538. The minimum Gasteiger partial charge on any atom is -0.494 e. The van der Waals surface area contributed by atoms with Gasteiger partial charge in [-0.3, -0.25) is 4.89 Å². The van der Waals surface area contributed by atoms with Crippen LogP contribution in [-0.4, -0.2) is 11.5 Å². The van der Waals surface area contributed by atoms with Gasteiger partial charge in [-0.15, -0.1) is 0 Å². The zero-order valence-electron chi connectivity index (χ0n) is 19.3. The Labute approximate surface area is 193 Å². The molecule has 2 rings (SSSR count). The largest absolute Gasteiger partial charge is 0.584 e. The third-order valence-electron chi connectivity index (χ3n) is 5.21. The van der Waals surface area contributed by atoms with Crippen molar-refractivity contribution >= 4 is 7.82 Å². The molecule has 1 atom stereocenters. The van der Waals surface area contributed by atoms with Gasteiger partial charge in [0.15, 0.2) is 0 Å². The van der Waals surface area contributed by atoms with Gasteiger partial charge in [-0.1, -0.05) is 89.7 Å². The molecule has 0 saturated heterocycles. The molecule has 32 heavy (non-hydrogen) atoms. The molecule has 1 N–H and O–H groups in total. The first-order chi connectivity index (χ1) is 15.6. The van der Waals surface area contributed by atoms with Gasteiger partial charge >= 0.3 is 7.82 Å². The van der Waals surface area contributed by atoms with E-state index in [4.69, 9.17) is 13.8 Å². The average Bonchev–Trinajstić information content (AvgIpc) is 2.78. The van der Waals surface area contributed by atoms with Crippen LogP contribution in [0.3, 0.4) is 0 Å². The highest BCUT2D eigenvalue weighted by molar-refractivity contribution is 7.48. The van der Waals surface area contributed by atoms with Crippen molar-refractivity contribution in [2.75, 3.05) is 6.61 Å². The number of rotatable bonds is 18. The van der Waals surface area contributed by atoms with Crippen LogP contribution in [0.15, 0.2) is 48.5 Å². The van der Waals surface area contributed by atoms with Crippen molar-refractivity contribution in [3.8, 4) is 17.2 Å². The fourth-order valence-corrected chi connectivity index (χ4v) is 4.25. The van der Waals surface area contributed by atoms with E-state index < -0.39 is 7.82 Å². The third kappa shape index (κ3) is 12.2. The summed E-state index contributed by atoms with van der Waals surface area (Å²) in [5.74, 6) is 1.18. The predicted molar refractivity (Wildman–Crippen MR) is 129 cm³/mol. The first-order valence-electron chi connectivity index (χ1n) is 12.0. The van der Waals surface area contributed by atoms with E-state index in [-0.39, 0.29) is 11.5 Å². The Morgan fingerprint density at radius 2 is 1.28 bits per heavy atom. The number of unbranched alkanes of at least 4 members (excludes halogenated alkanes) is 11. The Kier molecular flexibility index (Phi) is 13.0. The van der Waals surface area contributed by atoms with Gasteiger partial charge in [0.1, 0.15) is 17.2 Å². The number of hydrogen-bond donors (Lipinski definition) is 1. The molecule has 2 aromatic rings. The third-order valence-corrected chi connectivity index (χ3v) is 6.09. The molecule has 0 fully saturated rings. The van der Waals surface area contributed by atoms with Crippen molar-refractivity contribution in [3.05, 3.63) is 54.6 Å². The highest BCUT2D eigenvalue weighted by atomic mass is 31.2. The zero-order valence-corrected chi connectivity index (χ0v) is 20.2. The molecular formula is C26H38O5P. The quantitative estimate of drug-likeness (QED) is 0.179. The van der Waals surface area contributed by atoms with Crippen LogP contribution >= 0.6 is 7.82 Å². The lowest BCUT2D eigenvalue weighted by Gasteiger charge is -2.14. The van der Waals surface area contributed by atoms with Crippen LogP contribution in [0, 0.1) is 6.07 Å². The van der Waals surface area contributed by atoms with Crippen LogP contribution < -0.4 is 13.8 Å². The van der Waals surface area contributed by atoms with Crippen LogP contribution in [0.1, 0.15) is 84.0 Å². The lowest BCUT2D eigenvalue weighted by Crippen LogP contribution is -2.00. The van der Waals surface area contributed by atoms with Gasteiger partial charge in [-0.25, -0.2) is 4.57 Å². The van der Waals surface area contributed by atoms with Gasteiger partial charge < -0.3 is 13.8 Å². The summed E-state index contributed by atoms with van der Waals surface area (Å²) >= 11 is 0. The van der Waals surface area contributed by atoms with Crippen LogP contribution in [-0.2, 0) is 4.57 Å². The summed E-state index contributed by atoms with van der Waals surface area (Å²) < 4.78 is 28.0. The van der Waals surface area contributed by atoms with E-state index in [1.807, 2.05) is 0 Å². The highest BCUT2D eigenvalue weighted by Crippen LogP contribution is 2.44. The number of phosphoric ester groups is 1. The summed E-state index contributed by atoms with van der Waals surface area (Å²) in [4.78, 5) is 9.89. The maximum atomic E-state index is 12.1. The van der Waals surface area contributed by atoms with Crippen LogP contribution in [0.25, 0.3) is 0 Å². The minimum absolute atomic E-state index is 0.223. The van der Waals surface area contributed by atoms with Crippen molar-refractivity contribution in [3.63, 3.8) is 0 Å². The Balaban J connectivity index is 1.51. The molecule has 1 unspecified atom stereocenters. The Morgan fingerprint density at radius 3 is 1.84 bits per heavy atom. The second-order valence-electron chi connectivity index (χ2n) is 8.10. The van der Waals surface area contributed by atoms with Crippen molar-refractivity contribution in [1.82, 2.24) is 0 Å². The van der Waals surface area contributed by atoms with Crippen LogP contribution in [0.2, 0.25) is 0 Å². The molecule has 0 aliphatic carbocycles. The summed E-state index contributed by atoms with van der Waals surface area (Å²) in [5.41, 5.74) is 0. The molecule has 0 spiro atoms. The minimum atomic E-state index is -4.26. The van der Waals surface area contributed by atoms with Gasteiger partial charge in [-0.05, 0) is 48.9 Å². The molecule has 0 saturated carbocycles. The van der Waals surface area contributed by atoms with Crippen LogP contribution in [0.5, 0.6) is 17.2 Å². The van der Waals surface area contributed by atoms with Gasteiger partial charge in [0.2, 0.25) is 0 Å². The Hall–Kier alpha value is -1.97. The van der Waals surface area contributed by atoms with E-state index in [0.717, 1.165) is 6.42 Å². The molecule has 1 radical (unpaired) electrons. The van der Waals surface area contributed by atoms with E-state index in [2.05, 4.69) is 13.0 Å². The summed E-state index contributed by atoms with van der Waals surface area (Å²) in [6.07, 6.45) is 15.8. The first kappa shape index (κ1) is 26.3. The molecule has 2 aromatic carbocycles. The molecule has 0 bridgehead atoms. The Bertz CT molecular complexity index is 764. The maximum Gasteiger partial charge on any atom is 0.584 e. The molecule has 6 heteroatoms. The van der Waals surface area contributed by atoms with Gasteiger partial charge in [0.05, 0.1) is 6.61 Å². The summed E-state index contributed by atoms with van der Waals surface area (Å²) in [6, 6.07) is 15.8. The topological polar surface area (TPSA) is 65.0 Å². The first-order valence-corrected chi connectivity index (χ1v) is 13.5. The van der Waals surface area contributed by atoms with E-state index in [1.165, 1.54) is 76.7 Å². The second-order valence-corrected chi connectivity index (χ2v) is 9.40. The van der Waals surface area contributed by atoms with Crippen molar-refractivity contribution in [2.45, 2.75) is 84.0 Å². The maximum absolute atomic E-state index is 12.1. The van der Waals surface area contributed by atoms with Crippen LogP contribution in [0.4, 0.5) is 0 Å². The summed E-state index contributed by atoms with van der Waals surface area (Å²) in [6.45, 7) is 2.93. The molecule has 0 amide bonds. The van der Waals surface area contributed by atoms with Gasteiger partial charge in [0, 0.05) is 0 Å². The van der Waals surface area contributed by atoms with Crippen molar-refractivity contribution < 1.29 is 23.2 Å². The van der Waals surface area contributed by atoms with E-state index in [0.29, 0.717) is 12.4 Å². The van der Waals surface area contributed by atoms with Crippen molar-refractivity contribution in [2.24, 2.45) is 0 Å². The monoisotopic (exact) mass is 461 g/mol. The van der Waals surface area contributed by atoms with Crippen molar-refractivity contribution in [1.29, 1.82) is 0 Å². The van der Waals surface area contributed by atoms with E-state index >= 15 is 0 Å².